The molecule has 0 spiro atoms. The van der Waals surface area contributed by atoms with Crippen LogP contribution in [0.3, 0.4) is 0 Å². The molecular formula is C15H23O5PS2. The van der Waals surface area contributed by atoms with Gasteiger partial charge in [-0.2, -0.15) is 0 Å². The third-order valence-electron chi connectivity index (χ3n) is 3.84. The molecule has 4 atom stereocenters. The van der Waals surface area contributed by atoms with Gasteiger partial charge in [-0.05, 0) is 39.3 Å². The summed E-state index contributed by atoms with van der Waals surface area (Å²) in [5, 5.41) is -0.450. The Balaban J connectivity index is 2.48. The zero-order valence-electron chi connectivity index (χ0n) is 13.8. The van der Waals surface area contributed by atoms with Crippen LogP contribution in [0, 0.1) is 6.92 Å². The van der Waals surface area contributed by atoms with Gasteiger partial charge in [-0.25, -0.2) is 0 Å². The van der Waals surface area contributed by atoms with E-state index in [1.165, 1.54) is 0 Å². The minimum atomic E-state index is -3.65. The van der Waals surface area contributed by atoms with Crippen molar-refractivity contribution in [2.24, 2.45) is 0 Å². The Hall–Kier alpha value is -0.330. The van der Waals surface area contributed by atoms with Gasteiger partial charge in [0.25, 0.3) is 0 Å². The third-order valence-corrected chi connectivity index (χ3v) is 11.1. The average molecular weight is 378 g/mol. The van der Waals surface area contributed by atoms with Crippen molar-refractivity contribution in [3.63, 3.8) is 0 Å². The van der Waals surface area contributed by atoms with Gasteiger partial charge >= 0.3 is 7.60 Å². The molecule has 0 saturated heterocycles. The fourth-order valence-electron chi connectivity index (χ4n) is 2.63. The highest BCUT2D eigenvalue weighted by molar-refractivity contribution is 7.98. The molecule has 1 aliphatic carbocycles. The van der Waals surface area contributed by atoms with E-state index in [4.69, 9.17) is 9.05 Å². The Kier molecular flexibility index (Phi) is 6.01. The number of benzene rings is 1. The molecule has 23 heavy (non-hydrogen) atoms. The van der Waals surface area contributed by atoms with Gasteiger partial charge in [-0.15, -0.1) is 0 Å². The van der Waals surface area contributed by atoms with Crippen LogP contribution in [0.15, 0.2) is 29.2 Å². The Morgan fingerprint density at radius 1 is 1.17 bits per heavy atom. The molecule has 2 rings (SSSR count). The highest BCUT2D eigenvalue weighted by atomic mass is 32.2. The lowest BCUT2D eigenvalue weighted by molar-refractivity contribution is 0.216. The molecule has 1 fully saturated rings. The fraction of sp³-hybridized carbons (Fsp3) is 0.600. The number of hydrogen-bond donors (Lipinski definition) is 0. The van der Waals surface area contributed by atoms with Crippen LogP contribution in [0.4, 0.5) is 0 Å². The summed E-state index contributed by atoms with van der Waals surface area (Å²) in [6, 6.07) is 7.22. The second-order valence-electron chi connectivity index (χ2n) is 5.45. The highest BCUT2D eigenvalue weighted by Gasteiger charge is 2.74. The summed E-state index contributed by atoms with van der Waals surface area (Å²) in [5.74, 6) is 0. The van der Waals surface area contributed by atoms with E-state index < -0.39 is 38.9 Å². The number of rotatable bonds is 8. The van der Waals surface area contributed by atoms with Gasteiger partial charge in [0.15, 0.2) is 4.49 Å². The predicted octanol–water partition coefficient (Wildman–Crippen LogP) is 3.22. The molecule has 0 aliphatic heterocycles. The third kappa shape index (κ3) is 3.40. The van der Waals surface area contributed by atoms with Crippen molar-refractivity contribution in [2.45, 2.75) is 41.8 Å². The normalized spacial score (nSPS) is 26.7. The molecule has 0 radical (unpaired) electrons. The van der Waals surface area contributed by atoms with Crippen LogP contribution in [0.2, 0.25) is 0 Å². The average Bonchev–Trinajstić information content (AvgIpc) is 3.25. The van der Waals surface area contributed by atoms with E-state index >= 15 is 0 Å². The Morgan fingerprint density at radius 2 is 1.70 bits per heavy atom. The first kappa shape index (κ1) is 19.0. The quantitative estimate of drug-likeness (QED) is 0.650. The van der Waals surface area contributed by atoms with Gasteiger partial charge in [0, 0.05) is 22.0 Å². The van der Waals surface area contributed by atoms with Crippen LogP contribution >= 0.6 is 7.60 Å². The van der Waals surface area contributed by atoms with Crippen molar-refractivity contribution in [1.82, 2.24) is 0 Å². The number of aryl methyl sites for hydroxylation is 1. The second-order valence-corrected chi connectivity index (χ2v) is 11.4. The van der Waals surface area contributed by atoms with Crippen molar-refractivity contribution in [1.29, 1.82) is 0 Å². The lowest BCUT2D eigenvalue weighted by Gasteiger charge is -2.26. The summed E-state index contributed by atoms with van der Waals surface area (Å²) >= 11 is 0. The maximum Gasteiger partial charge on any atom is 0.350 e. The Labute approximate surface area is 142 Å². The molecule has 2 unspecified atom stereocenters. The van der Waals surface area contributed by atoms with Gasteiger partial charge < -0.3 is 9.05 Å². The maximum atomic E-state index is 13.3. The van der Waals surface area contributed by atoms with Crippen molar-refractivity contribution >= 4 is 29.2 Å². The minimum absolute atomic E-state index is 0.188. The minimum Gasteiger partial charge on any atom is -0.308 e. The van der Waals surface area contributed by atoms with E-state index in [-0.39, 0.29) is 13.2 Å². The first-order valence-corrected chi connectivity index (χ1v) is 11.8. The lowest BCUT2D eigenvalue weighted by atomic mass is 10.2. The first-order chi connectivity index (χ1) is 10.8. The van der Waals surface area contributed by atoms with Crippen molar-refractivity contribution in [3.05, 3.63) is 29.8 Å². The lowest BCUT2D eigenvalue weighted by Crippen LogP contribution is -2.26. The largest absolute Gasteiger partial charge is 0.350 e. The molecule has 1 aromatic rings. The first-order valence-electron chi connectivity index (χ1n) is 7.52. The number of hydrogen-bond acceptors (Lipinski definition) is 5. The molecule has 0 amide bonds. The molecule has 0 heterocycles. The fourth-order valence-corrected chi connectivity index (χ4v) is 10.1. The SMILES string of the molecule is CCOP(=O)(OCC)[C@]1(S(=O)c2ccc(C)cc2)C[C@@H]1S(C)=O. The summed E-state index contributed by atoms with van der Waals surface area (Å²) in [5.41, 5.74) is 1.05. The van der Waals surface area contributed by atoms with Crippen molar-refractivity contribution in [3.8, 4) is 0 Å². The van der Waals surface area contributed by atoms with Crippen LogP contribution in [-0.4, -0.2) is 37.6 Å². The van der Waals surface area contributed by atoms with Crippen LogP contribution in [0.25, 0.3) is 0 Å². The monoisotopic (exact) mass is 378 g/mol. The molecule has 130 valence electrons. The van der Waals surface area contributed by atoms with Gasteiger partial charge in [-0.3, -0.25) is 13.0 Å². The molecule has 1 aromatic carbocycles. The molecule has 1 aliphatic rings. The highest BCUT2D eigenvalue weighted by Crippen LogP contribution is 2.74. The molecule has 0 bridgehead atoms. The van der Waals surface area contributed by atoms with Crippen LogP contribution in [0.5, 0.6) is 0 Å². The molecular weight excluding hydrogens is 355 g/mol. The summed E-state index contributed by atoms with van der Waals surface area (Å²) in [6.07, 6.45) is 1.86. The van der Waals surface area contributed by atoms with Gasteiger partial charge in [0.05, 0.1) is 29.3 Å². The summed E-state index contributed by atoms with van der Waals surface area (Å²) in [4.78, 5) is 0.559. The van der Waals surface area contributed by atoms with Crippen LogP contribution in [-0.2, 0) is 35.2 Å². The van der Waals surface area contributed by atoms with Gasteiger partial charge in [-0.1, -0.05) is 17.7 Å². The Morgan fingerprint density at radius 3 is 2.09 bits per heavy atom. The van der Waals surface area contributed by atoms with E-state index in [9.17, 15) is 13.0 Å². The van der Waals surface area contributed by atoms with Gasteiger partial charge in [0.1, 0.15) is 0 Å². The van der Waals surface area contributed by atoms with Crippen molar-refractivity contribution < 1.29 is 22.0 Å². The molecule has 8 heteroatoms. The van der Waals surface area contributed by atoms with Crippen LogP contribution < -0.4 is 0 Å². The molecule has 0 aromatic heterocycles. The van der Waals surface area contributed by atoms with E-state index in [1.807, 2.05) is 19.1 Å². The summed E-state index contributed by atoms with van der Waals surface area (Å²) < 4.78 is 48.2. The Bertz CT molecular complexity index is 650. The summed E-state index contributed by atoms with van der Waals surface area (Å²) in [7, 11) is -6.52. The van der Waals surface area contributed by atoms with Crippen molar-refractivity contribution in [2.75, 3.05) is 19.5 Å². The predicted molar refractivity (Wildman–Crippen MR) is 93.6 cm³/mol. The van der Waals surface area contributed by atoms with E-state index in [1.54, 1.807) is 32.2 Å². The van der Waals surface area contributed by atoms with Crippen LogP contribution in [0.1, 0.15) is 25.8 Å². The smallest absolute Gasteiger partial charge is 0.308 e. The maximum absolute atomic E-state index is 13.3. The van der Waals surface area contributed by atoms with Gasteiger partial charge in [0.2, 0.25) is 0 Å². The molecule has 0 N–H and O–H groups in total. The zero-order valence-corrected chi connectivity index (χ0v) is 16.3. The molecule has 5 nitrogen and oxygen atoms in total. The van der Waals surface area contributed by atoms with E-state index in [0.29, 0.717) is 11.3 Å². The zero-order chi connectivity index (χ0) is 17.3. The second kappa shape index (κ2) is 7.28. The topological polar surface area (TPSA) is 69.7 Å². The van der Waals surface area contributed by atoms with E-state index in [2.05, 4.69) is 0 Å². The molecule has 1 saturated carbocycles. The van der Waals surface area contributed by atoms with E-state index in [0.717, 1.165) is 5.56 Å². The summed E-state index contributed by atoms with van der Waals surface area (Å²) in [6.45, 7) is 5.75. The standard InChI is InChI=1S/C15H23O5PS2/c1-5-19-21(16,20-6-2)15(11-14(15)22(4)17)23(18)13-9-7-12(3)8-10-13/h7-10,14H,5-6,11H2,1-4H3/t14-,15-,22?,23?/m0/s1.